The van der Waals surface area contributed by atoms with Crippen molar-refractivity contribution in [3.63, 3.8) is 0 Å². The van der Waals surface area contributed by atoms with E-state index in [1.54, 1.807) is 0 Å². The Kier molecular flexibility index (Phi) is 1.65. The van der Waals surface area contributed by atoms with E-state index in [2.05, 4.69) is 21.0 Å². The summed E-state index contributed by atoms with van der Waals surface area (Å²) in [4.78, 5) is 23.1. The highest BCUT2D eigenvalue weighted by Crippen LogP contribution is 2.01. The van der Waals surface area contributed by atoms with Crippen molar-refractivity contribution < 1.29 is 0 Å². The Morgan fingerprint density at radius 1 is 1.43 bits per heavy atom. The van der Waals surface area contributed by atoms with Gasteiger partial charge in [-0.3, -0.25) is 4.79 Å². The maximum Gasteiger partial charge on any atom is 0.294 e. The molecule has 0 spiro atoms. The van der Waals surface area contributed by atoms with Gasteiger partial charge in [-0.15, -0.1) is 0 Å². The fourth-order valence-corrected chi connectivity index (χ4v) is 1.06. The molecule has 0 atom stereocenters. The average Bonchev–Trinajstić information content (AvgIpc) is 2.18. The zero-order valence-corrected chi connectivity index (χ0v) is 7.01. The quantitative estimate of drug-likeness (QED) is 0.546. The van der Waals surface area contributed by atoms with Crippen LogP contribution in [0.4, 0.5) is 5.95 Å². The first kappa shape index (κ1) is 8.19. The highest BCUT2D eigenvalue weighted by Gasteiger charge is 2.07. The van der Waals surface area contributed by atoms with Crippen molar-refractivity contribution in [1.82, 2.24) is 19.5 Å². The van der Waals surface area contributed by atoms with Gasteiger partial charge in [-0.2, -0.15) is 4.98 Å². The average molecular weight is 187 g/mol. The van der Waals surface area contributed by atoms with Crippen LogP contribution >= 0.6 is 0 Å². The van der Waals surface area contributed by atoms with Crippen LogP contribution in [0.5, 0.6) is 0 Å². The maximum absolute atomic E-state index is 11.6. The van der Waals surface area contributed by atoms with Crippen LogP contribution in [0.3, 0.4) is 0 Å². The van der Waals surface area contributed by atoms with E-state index < -0.39 is 5.56 Å². The minimum absolute atomic E-state index is 0.0644. The monoisotopic (exact) mass is 187 g/mol. The molecule has 6 nitrogen and oxygen atoms in total. The lowest BCUT2D eigenvalue weighted by atomic mass is 10.5. The Bertz CT molecular complexity index is 595. The molecular weight excluding hydrogens is 182 g/mol. The molecule has 0 aliphatic heterocycles. The summed E-state index contributed by atoms with van der Waals surface area (Å²) in [7, 11) is 0. The number of anilines is 1. The molecule has 0 fully saturated rings. The van der Waals surface area contributed by atoms with Crippen LogP contribution in [-0.2, 0) is 0 Å². The van der Waals surface area contributed by atoms with Gasteiger partial charge in [0.25, 0.3) is 5.56 Å². The highest BCUT2D eigenvalue weighted by atomic mass is 16.1. The first-order chi connectivity index (χ1) is 6.74. The van der Waals surface area contributed by atoms with E-state index in [-0.39, 0.29) is 17.1 Å². The van der Waals surface area contributed by atoms with Crippen molar-refractivity contribution >= 4 is 17.1 Å². The van der Waals surface area contributed by atoms with E-state index in [0.29, 0.717) is 0 Å². The molecule has 2 heterocycles. The van der Waals surface area contributed by atoms with Gasteiger partial charge in [0.2, 0.25) is 5.95 Å². The summed E-state index contributed by atoms with van der Waals surface area (Å²) in [6.45, 7) is 0. The molecule has 68 valence electrons. The van der Waals surface area contributed by atoms with Gasteiger partial charge in [-0.05, 0) is 0 Å². The van der Waals surface area contributed by atoms with Gasteiger partial charge >= 0.3 is 0 Å². The fraction of sp³-hybridized carbons (Fsp3) is 0. The molecule has 2 N–H and O–H groups in total. The van der Waals surface area contributed by atoms with E-state index >= 15 is 0 Å². The Morgan fingerprint density at radius 2 is 2.14 bits per heavy atom. The summed E-state index contributed by atoms with van der Waals surface area (Å²) < 4.78 is 0.886. The number of rotatable bonds is 0. The molecule has 0 saturated heterocycles. The molecule has 0 aliphatic rings. The number of nitrogens with zero attached hydrogens (tertiary/aromatic N) is 4. The summed E-state index contributed by atoms with van der Waals surface area (Å²) in [6, 6.07) is 2.10. The zero-order chi connectivity index (χ0) is 10.1. The third-order valence-corrected chi connectivity index (χ3v) is 1.66. The maximum atomic E-state index is 11.6. The van der Waals surface area contributed by atoms with E-state index in [1.165, 1.54) is 12.4 Å². The first-order valence-electron chi connectivity index (χ1n) is 3.70. The normalized spacial score (nSPS) is 9.93. The molecule has 0 unspecified atom stereocenters. The van der Waals surface area contributed by atoms with Crippen LogP contribution < -0.4 is 11.3 Å². The minimum atomic E-state index is -0.483. The minimum Gasteiger partial charge on any atom is -0.368 e. The summed E-state index contributed by atoms with van der Waals surface area (Å²) in [5.41, 5.74) is 5.26. The lowest BCUT2D eigenvalue weighted by Crippen LogP contribution is -2.22. The van der Waals surface area contributed by atoms with Gasteiger partial charge < -0.3 is 5.73 Å². The Hall–Kier alpha value is -2.42. The summed E-state index contributed by atoms with van der Waals surface area (Å²) in [6.07, 6.45) is 7.90. The predicted octanol–water partition coefficient (Wildman–Crippen LogP) is -0.792. The van der Waals surface area contributed by atoms with Gasteiger partial charge in [-0.25, -0.2) is 14.5 Å². The number of hydrogen-bond donors (Lipinski definition) is 1. The molecule has 0 bridgehead atoms. The van der Waals surface area contributed by atoms with Gasteiger partial charge in [-0.1, -0.05) is 6.42 Å². The molecule has 2 aromatic heterocycles. The molecule has 0 aliphatic carbocycles. The molecule has 0 amide bonds. The first-order valence-corrected chi connectivity index (χ1v) is 3.70. The van der Waals surface area contributed by atoms with Crippen molar-refractivity contribution in [2.45, 2.75) is 0 Å². The van der Waals surface area contributed by atoms with Crippen LogP contribution in [0.1, 0.15) is 0 Å². The zero-order valence-electron chi connectivity index (χ0n) is 7.01. The molecular formula is C8H5N5O. The second-order valence-electron chi connectivity index (χ2n) is 2.47. The molecule has 0 radical (unpaired) electrons. The number of aromatic nitrogens is 4. The van der Waals surface area contributed by atoms with Crippen molar-refractivity contribution in [2.75, 3.05) is 5.73 Å². The standard InChI is InChI=1S/C8H5N5O/c1-2-13-7(14)5-6(12-8(13)9)11-4-3-10-5/h1,3-4H,(H2,9,11,12). The summed E-state index contributed by atoms with van der Waals surface area (Å²) >= 11 is 0. The number of hydrogen-bond acceptors (Lipinski definition) is 5. The number of nitrogens with two attached hydrogens (primary N) is 1. The third kappa shape index (κ3) is 0.998. The van der Waals surface area contributed by atoms with Crippen molar-refractivity contribution in [2.24, 2.45) is 0 Å². The van der Waals surface area contributed by atoms with Gasteiger partial charge in [0.05, 0.1) is 0 Å². The van der Waals surface area contributed by atoms with Gasteiger partial charge in [0.15, 0.2) is 11.2 Å². The second kappa shape index (κ2) is 2.81. The smallest absolute Gasteiger partial charge is 0.294 e. The molecule has 2 aromatic rings. The van der Waals surface area contributed by atoms with Gasteiger partial charge in [0, 0.05) is 18.4 Å². The summed E-state index contributed by atoms with van der Waals surface area (Å²) in [5.74, 6) is -0.0644. The van der Waals surface area contributed by atoms with Crippen LogP contribution in [0.15, 0.2) is 17.2 Å². The van der Waals surface area contributed by atoms with Crippen molar-refractivity contribution in [1.29, 1.82) is 0 Å². The van der Waals surface area contributed by atoms with Crippen LogP contribution in [0, 0.1) is 12.5 Å². The predicted molar refractivity (Wildman–Crippen MR) is 50.2 cm³/mol. The largest absolute Gasteiger partial charge is 0.368 e. The van der Waals surface area contributed by atoms with E-state index in [0.717, 1.165) is 4.57 Å². The van der Waals surface area contributed by atoms with Gasteiger partial charge in [0.1, 0.15) is 0 Å². The lowest BCUT2D eigenvalue weighted by Gasteiger charge is -2.00. The Labute approximate surface area is 78.4 Å². The highest BCUT2D eigenvalue weighted by molar-refractivity contribution is 5.69. The van der Waals surface area contributed by atoms with E-state index in [1.807, 2.05) is 0 Å². The number of terminal acetylenes is 1. The van der Waals surface area contributed by atoms with E-state index in [9.17, 15) is 4.79 Å². The molecule has 2 rings (SSSR count). The Balaban J connectivity index is 3.03. The number of nitrogen functional groups attached to an aromatic ring is 1. The molecule has 6 heteroatoms. The molecule has 14 heavy (non-hydrogen) atoms. The van der Waals surface area contributed by atoms with Crippen molar-refractivity contribution in [3.05, 3.63) is 22.7 Å². The van der Waals surface area contributed by atoms with Crippen LogP contribution in [0.2, 0.25) is 0 Å². The summed E-state index contributed by atoms with van der Waals surface area (Å²) in [5, 5.41) is 0. The fourth-order valence-electron chi connectivity index (χ4n) is 1.06. The lowest BCUT2D eigenvalue weighted by molar-refractivity contribution is 1.00. The molecule has 0 saturated carbocycles. The Morgan fingerprint density at radius 3 is 2.86 bits per heavy atom. The SMILES string of the molecule is C#Cn1c(N)nc2nccnc2c1=O. The van der Waals surface area contributed by atoms with Crippen LogP contribution in [0.25, 0.3) is 11.2 Å². The van der Waals surface area contributed by atoms with E-state index in [4.69, 9.17) is 12.2 Å². The number of fused-ring (bicyclic) bond motifs is 1. The third-order valence-electron chi connectivity index (χ3n) is 1.66. The molecule has 0 aromatic carbocycles. The second-order valence-corrected chi connectivity index (χ2v) is 2.47. The van der Waals surface area contributed by atoms with Crippen molar-refractivity contribution in [3.8, 4) is 12.5 Å². The topological polar surface area (TPSA) is 86.7 Å². The van der Waals surface area contributed by atoms with Crippen LogP contribution in [-0.4, -0.2) is 19.5 Å².